The van der Waals surface area contributed by atoms with Gasteiger partial charge in [-0.3, -0.25) is 19.2 Å². The third-order valence-corrected chi connectivity index (χ3v) is 6.07. The van der Waals surface area contributed by atoms with Crippen molar-refractivity contribution >= 4 is 28.8 Å². The molecule has 0 aliphatic rings. The number of para-hydroxylation sites is 1. The Labute approximate surface area is 216 Å². The number of Topliss-reactive ketones (excluding diaryl/α,β-unsaturated/α-hetero) is 1. The molecule has 0 saturated carbocycles. The van der Waals surface area contributed by atoms with Gasteiger partial charge in [0.05, 0.1) is 22.9 Å². The molecule has 1 amide bonds. The predicted molar refractivity (Wildman–Crippen MR) is 138 cm³/mol. The molecule has 0 fully saturated rings. The van der Waals surface area contributed by atoms with Gasteiger partial charge in [-0.2, -0.15) is 13.2 Å². The molecule has 3 rings (SSSR count). The number of carbonyl (C=O) groups excluding carboxylic acids is 2. The number of phenols is 1. The minimum Gasteiger partial charge on any atom is -0.505 e. The van der Waals surface area contributed by atoms with Crippen LogP contribution in [0.15, 0.2) is 52.1 Å². The second-order valence-corrected chi connectivity index (χ2v) is 9.47. The third kappa shape index (κ3) is 6.04. The molecule has 8 nitrogen and oxygen atoms in total. The molecular weight excluding hydrogens is 503 g/mol. The molecule has 0 aliphatic carbocycles. The van der Waals surface area contributed by atoms with Crippen molar-refractivity contribution in [3.63, 3.8) is 0 Å². The van der Waals surface area contributed by atoms with E-state index >= 15 is 0 Å². The zero-order valence-corrected chi connectivity index (χ0v) is 21.3. The van der Waals surface area contributed by atoms with Gasteiger partial charge in [0.25, 0.3) is 16.8 Å². The molecule has 0 heterocycles. The Bertz CT molecular complexity index is 1420. The Morgan fingerprint density at radius 1 is 1.00 bits per heavy atom. The number of hydrogen-bond acceptors (Lipinski definition) is 7. The molecular formula is C27H28F3N3O5. The van der Waals surface area contributed by atoms with Gasteiger partial charge in [-0.25, -0.2) is 0 Å². The molecule has 3 aromatic carbocycles. The van der Waals surface area contributed by atoms with Crippen molar-refractivity contribution < 1.29 is 27.9 Å². The Hall–Kier alpha value is -4.15. The Morgan fingerprint density at radius 3 is 2.24 bits per heavy atom. The van der Waals surface area contributed by atoms with E-state index in [9.17, 15) is 37.5 Å². The average molecular weight is 532 g/mol. The van der Waals surface area contributed by atoms with Crippen molar-refractivity contribution in [1.82, 2.24) is 4.90 Å². The van der Waals surface area contributed by atoms with Crippen molar-refractivity contribution in [2.75, 3.05) is 24.7 Å². The second-order valence-electron chi connectivity index (χ2n) is 9.47. The molecule has 0 bridgehead atoms. The highest BCUT2D eigenvalue weighted by atomic mass is 19.4. The van der Waals surface area contributed by atoms with E-state index in [1.165, 1.54) is 49.3 Å². The number of phenolic OH excluding ortho intramolecular Hbond substituents is 1. The number of nitrogens with zero attached hydrogens (tertiary/aromatic N) is 1. The van der Waals surface area contributed by atoms with Crippen molar-refractivity contribution in [1.29, 1.82) is 0 Å². The molecule has 0 aromatic heterocycles. The smallest absolute Gasteiger partial charge is 0.416 e. The first kappa shape index (κ1) is 28.4. The Balaban J connectivity index is 1.79. The van der Waals surface area contributed by atoms with E-state index < -0.39 is 40.3 Å². The fourth-order valence-electron chi connectivity index (χ4n) is 3.94. The van der Waals surface area contributed by atoms with Gasteiger partial charge in [0.2, 0.25) is 0 Å². The maximum Gasteiger partial charge on any atom is 0.416 e. The third-order valence-electron chi connectivity index (χ3n) is 6.07. The van der Waals surface area contributed by atoms with Gasteiger partial charge in [0.1, 0.15) is 11.4 Å². The van der Waals surface area contributed by atoms with Crippen LogP contribution in [0.25, 0.3) is 0 Å². The lowest BCUT2D eigenvalue weighted by Crippen LogP contribution is -2.43. The molecule has 1 atom stereocenters. The number of alkyl halides is 3. The monoisotopic (exact) mass is 531 g/mol. The van der Waals surface area contributed by atoms with Gasteiger partial charge in [0.15, 0.2) is 11.5 Å². The van der Waals surface area contributed by atoms with Crippen LogP contribution in [0.4, 0.5) is 30.2 Å². The summed E-state index contributed by atoms with van der Waals surface area (Å²) >= 11 is 0. The van der Waals surface area contributed by atoms with Gasteiger partial charge in [-0.15, -0.1) is 0 Å². The van der Waals surface area contributed by atoms with Crippen molar-refractivity contribution in [3.05, 3.63) is 79.6 Å². The molecule has 0 unspecified atom stereocenters. The summed E-state index contributed by atoms with van der Waals surface area (Å²) in [4.78, 5) is 51.2. The number of halogens is 3. The van der Waals surface area contributed by atoms with Gasteiger partial charge in [0, 0.05) is 20.5 Å². The molecule has 0 radical (unpaired) electrons. The summed E-state index contributed by atoms with van der Waals surface area (Å²) in [7, 11) is 3.02. The number of aromatic hydroxyl groups is 1. The number of amides is 1. The minimum atomic E-state index is -4.50. The summed E-state index contributed by atoms with van der Waals surface area (Å²) < 4.78 is 39.0. The van der Waals surface area contributed by atoms with Crippen LogP contribution in [0.3, 0.4) is 0 Å². The lowest BCUT2D eigenvalue weighted by molar-refractivity contribution is -0.137. The quantitative estimate of drug-likeness (QED) is 0.267. The van der Waals surface area contributed by atoms with Crippen LogP contribution in [-0.2, 0) is 17.4 Å². The van der Waals surface area contributed by atoms with Crippen molar-refractivity contribution in [2.24, 2.45) is 5.92 Å². The van der Waals surface area contributed by atoms with Crippen LogP contribution < -0.4 is 21.5 Å². The summed E-state index contributed by atoms with van der Waals surface area (Å²) in [6.07, 6.45) is -4.53. The van der Waals surface area contributed by atoms with E-state index in [4.69, 9.17) is 0 Å². The van der Waals surface area contributed by atoms with Gasteiger partial charge < -0.3 is 20.6 Å². The fourth-order valence-corrected chi connectivity index (χ4v) is 3.94. The van der Waals surface area contributed by atoms with E-state index in [1.807, 2.05) is 0 Å². The first-order valence-corrected chi connectivity index (χ1v) is 11.8. The molecule has 38 heavy (non-hydrogen) atoms. The number of aryl methyl sites for hydroxylation is 1. The number of rotatable bonds is 10. The normalized spacial score (nSPS) is 12.4. The van der Waals surface area contributed by atoms with Gasteiger partial charge >= 0.3 is 6.18 Å². The largest absolute Gasteiger partial charge is 0.505 e. The van der Waals surface area contributed by atoms with E-state index in [-0.39, 0.29) is 47.2 Å². The van der Waals surface area contributed by atoms with Gasteiger partial charge in [-0.05, 0) is 36.1 Å². The average Bonchev–Trinajstić information content (AvgIpc) is 2.86. The summed E-state index contributed by atoms with van der Waals surface area (Å²) in [5.41, 5.74) is -2.50. The first-order valence-electron chi connectivity index (χ1n) is 11.8. The molecule has 202 valence electrons. The number of ketones is 1. The Morgan fingerprint density at radius 2 is 1.63 bits per heavy atom. The number of nitrogens with one attached hydrogen (secondary N) is 2. The van der Waals surface area contributed by atoms with E-state index in [0.29, 0.717) is 5.56 Å². The van der Waals surface area contributed by atoms with E-state index in [2.05, 4.69) is 10.6 Å². The van der Waals surface area contributed by atoms with Crippen molar-refractivity contribution in [2.45, 2.75) is 38.9 Å². The summed E-state index contributed by atoms with van der Waals surface area (Å²) in [5, 5.41) is 16.0. The summed E-state index contributed by atoms with van der Waals surface area (Å²) in [6.45, 7) is 3.45. The van der Waals surface area contributed by atoms with Crippen LogP contribution >= 0.6 is 0 Å². The van der Waals surface area contributed by atoms with Crippen LogP contribution in [0.1, 0.15) is 41.8 Å². The Kier molecular flexibility index (Phi) is 8.28. The van der Waals surface area contributed by atoms with Crippen molar-refractivity contribution in [3.8, 4) is 5.75 Å². The zero-order chi connectivity index (χ0) is 28.4. The maximum absolute atomic E-state index is 13.0. The highest BCUT2D eigenvalue weighted by molar-refractivity contribution is 5.99. The van der Waals surface area contributed by atoms with Crippen LogP contribution in [0.2, 0.25) is 0 Å². The molecule has 3 N–H and O–H groups in total. The minimum absolute atomic E-state index is 0.0157. The highest BCUT2D eigenvalue weighted by Crippen LogP contribution is 2.33. The highest BCUT2D eigenvalue weighted by Gasteiger charge is 2.31. The number of anilines is 3. The van der Waals surface area contributed by atoms with Gasteiger partial charge in [-0.1, -0.05) is 38.1 Å². The first-order chi connectivity index (χ1) is 17.7. The SMILES string of the molecule is CC(C)[C@@H](Nc1c(Nc2cccc(C(=O)N(C)C)c2O)c(=O)c1=O)C(=O)CCc1cccc(C(F)(F)F)c1. The molecule has 3 aromatic rings. The fraction of sp³-hybridized carbons (Fsp3) is 0.333. The second kappa shape index (κ2) is 11.1. The summed E-state index contributed by atoms with van der Waals surface area (Å²) in [6, 6.07) is 8.13. The van der Waals surface area contributed by atoms with E-state index in [1.54, 1.807) is 13.8 Å². The predicted octanol–water partition coefficient (Wildman–Crippen LogP) is 4.09. The zero-order valence-electron chi connectivity index (χ0n) is 21.3. The van der Waals surface area contributed by atoms with Crippen LogP contribution in [0, 0.1) is 5.92 Å². The topological polar surface area (TPSA) is 116 Å². The van der Waals surface area contributed by atoms with E-state index in [0.717, 1.165) is 12.1 Å². The molecule has 0 aliphatic heterocycles. The van der Waals surface area contributed by atoms with Crippen LogP contribution in [0.5, 0.6) is 5.75 Å². The number of hydrogen-bond donors (Lipinski definition) is 3. The molecule has 0 saturated heterocycles. The molecule has 0 spiro atoms. The number of carbonyl (C=O) groups is 2. The number of benzene rings is 2. The lowest BCUT2D eigenvalue weighted by Gasteiger charge is -2.25. The lowest BCUT2D eigenvalue weighted by atomic mass is 9.94. The summed E-state index contributed by atoms with van der Waals surface area (Å²) in [5.74, 6) is -1.56. The standard InChI is InChI=1S/C27H28F3N3O5/c1-14(2)20(19(34)12-11-15-7-5-8-16(13-15)27(28,29)30)32-22-21(24(36)25(22)37)31-18-10-6-9-17(23(18)35)26(38)33(3)4/h5-10,13-14,20,31-32,35H,11-12H2,1-4H3/t20-/m1/s1. The van der Waals surface area contributed by atoms with Crippen LogP contribution in [-0.4, -0.2) is 41.8 Å². The maximum atomic E-state index is 13.0. The molecule has 11 heteroatoms.